The lowest BCUT2D eigenvalue weighted by molar-refractivity contribution is -0.114. The van der Waals surface area contributed by atoms with E-state index in [0.717, 1.165) is 28.1 Å². The Kier molecular flexibility index (Phi) is 5.28. The monoisotopic (exact) mass is 372 g/mol. The van der Waals surface area contributed by atoms with E-state index in [-0.39, 0.29) is 11.7 Å². The van der Waals surface area contributed by atoms with E-state index in [1.807, 2.05) is 43.3 Å². The summed E-state index contributed by atoms with van der Waals surface area (Å²) in [6.07, 6.45) is 0. The van der Waals surface area contributed by atoms with E-state index in [9.17, 15) is 10.1 Å². The zero-order valence-corrected chi connectivity index (χ0v) is 15.9. The molecule has 3 aromatic rings. The van der Waals surface area contributed by atoms with Crippen molar-refractivity contribution in [1.29, 1.82) is 5.26 Å². The number of nitrogens with zero attached hydrogens (tertiary/aromatic N) is 2. The highest BCUT2D eigenvalue weighted by atomic mass is 16.5. The standard InChI is InChI=1S/C22H20N4O2/c1-13-20(15-6-10-18(28-3)11-7-15)21(19(12-23)22(24)25-13)16-4-8-17(9-5-16)26-14(2)27/h4-11H,1-3H3,(H2,24,25)(H,26,27). The number of pyridine rings is 1. The minimum absolute atomic E-state index is 0.145. The average Bonchev–Trinajstić information content (AvgIpc) is 2.68. The molecule has 6 nitrogen and oxygen atoms in total. The van der Waals surface area contributed by atoms with E-state index in [0.29, 0.717) is 16.8 Å². The second-order valence-electron chi connectivity index (χ2n) is 6.31. The number of amides is 1. The van der Waals surface area contributed by atoms with Crippen LogP contribution < -0.4 is 15.8 Å². The van der Waals surface area contributed by atoms with Crippen molar-refractivity contribution in [1.82, 2.24) is 4.98 Å². The summed E-state index contributed by atoms with van der Waals surface area (Å²) in [5.74, 6) is 0.790. The molecular weight excluding hydrogens is 352 g/mol. The van der Waals surface area contributed by atoms with E-state index in [4.69, 9.17) is 10.5 Å². The molecular formula is C22H20N4O2. The number of aromatic nitrogens is 1. The molecule has 0 saturated heterocycles. The van der Waals surface area contributed by atoms with Gasteiger partial charge in [0.25, 0.3) is 0 Å². The molecule has 0 aliphatic rings. The lowest BCUT2D eigenvalue weighted by Gasteiger charge is -2.17. The van der Waals surface area contributed by atoms with Gasteiger partial charge in [0.05, 0.1) is 7.11 Å². The maximum atomic E-state index is 11.3. The molecule has 0 unspecified atom stereocenters. The summed E-state index contributed by atoms with van der Waals surface area (Å²) in [5, 5.41) is 12.5. The molecule has 0 aliphatic carbocycles. The van der Waals surface area contributed by atoms with Crippen molar-refractivity contribution < 1.29 is 9.53 Å². The first-order chi connectivity index (χ1) is 13.4. The van der Waals surface area contributed by atoms with Crippen molar-refractivity contribution in [3.05, 3.63) is 59.8 Å². The summed E-state index contributed by atoms with van der Waals surface area (Å²) >= 11 is 0. The second-order valence-corrected chi connectivity index (χ2v) is 6.31. The van der Waals surface area contributed by atoms with E-state index in [1.54, 1.807) is 19.2 Å². The van der Waals surface area contributed by atoms with Crippen LogP contribution in [0.5, 0.6) is 5.75 Å². The number of carbonyl (C=O) groups is 1. The fraction of sp³-hybridized carbons (Fsp3) is 0.136. The summed E-state index contributed by atoms with van der Waals surface area (Å²) in [5.41, 5.74) is 11.0. The molecule has 3 N–H and O–H groups in total. The molecule has 0 radical (unpaired) electrons. The molecule has 1 amide bonds. The Morgan fingerprint density at radius 2 is 1.64 bits per heavy atom. The molecule has 1 aromatic heterocycles. The number of methoxy groups -OCH3 is 1. The van der Waals surface area contributed by atoms with Gasteiger partial charge in [-0.15, -0.1) is 0 Å². The van der Waals surface area contributed by atoms with Gasteiger partial charge < -0.3 is 15.8 Å². The number of ether oxygens (including phenoxy) is 1. The largest absolute Gasteiger partial charge is 0.497 e. The quantitative estimate of drug-likeness (QED) is 0.716. The molecule has 3 rings (SSSR count). The Morgan fingerprint density at radius 3 is 2.18 bits per heavy atom. The van der Waals surface area contributed by atoms with Crippen LogP contribution in [-0.4, -0.2) is 18.0 Å². The van der Waals surface area contributed by atoms with Crippen LogP contribution in [0.3, 0.4) is 0 Å². The van der Waals surface area contributed by atoms with Crippen molar-refractivity contribution in [3.8, 4) is 34.1 Å². The lowest BCUT2D eigenvalue weighted by atomic mass is 9.90. The van der Waals surface area contributed by atoms with Crippen molar-refractivity contribution in [2.75, 3.05) is 18.2 Å². The zero-order chi connectivity index (χ0) is 20.3. The summed E-state index contributed by atoms with van der Waals surface area (Å²) in [6, 6.07) is 17.1. The van der Waals surface area contributed by atoms with Crippen LogP contribution in [0.25, 0.3) is 22.3 Å². The number of hydrogen-bond acceptors (Lipinski definition) is 5. The van der Waals surface area contributed by atoms with Crippen molar-refractivity contribution in [2.45, 2.75) is 13.8 Å². The third-order valence-corrected chi connectivity index (χ3v) is 4.39. The molecule has 140 valence electrons. The van der Waals surface area contributed by atoms with Gasteiger partial charge in [-0.2, -0.15) is 5.26 Å². The molecule has 0 bridgehead atoms. The number of benzene rings is 2. The third kappa shape index (κ3) is 3.64. The number of carbonyl (C=O) groups excluding carboxylic acids is 1. The summed E-state index contributed by atoms with van der Waals surface area (Å²) in [4.78, 5) is 15.6. The SMILES string of the molecule is COc1ccc(-c2c(C)nc(N)c(C#N)c2-c2ccc(NC(C)=O)cc2)cc1. The molecule has 2 aromatic carbocycles. The van der Waals surface area contributed by atoms with Gasteiger partial charge >= 0.3 is 0 Å². The van der Waals surface area contributed by atoms with Gasteiger partial charge in [0.2, 0.25) is 5.91 Å². The third-order valence-electron chi connectivity index (χ3n) is 4.39. The molecule has 0 atom stereocenters. The summed E-state index contributed by atoms with van der Waals surface area (Å²) in [6.45, 7) is 3.32. The lowest BCUT2D eigenvalue weighted by Crippen LogP contribution is -2.06. The van der Waals surface area contributed by atoms with Crippen molar-refractivity contribution in [2.24, 2.45) is 0 Å². The summed E-state index contributed by atoms with van der Waals surface area (Å²) in [7, 11) is 1.61. The number of nitriles is 1. The average molecular weight is 372 g/mol. The predicted molar refractivity (Wildman–Crippen MR) is 110 cm³/mol. The van der Waals surface area contributed by atoms with Crippen molar-refractivity contribution >= 4 is 17.4 Å². The van der Waals surface area contributed by atoms with Gasteiger partial charge in [0.15, 0.2) is 0 Å². The topological polar surface area (TPSA) is 101 Å². The van der Waals surface area contributed by atoms with E-state index in [1.165, 1.54) is 6.92 Å². The predicted octanol–water partition coefficient (Wildman–Crippen LogP) is 4.14. The van der Waals surface area contributed by atoms with Gasteiger partial charge in [0, 0.05) is 29.4 Å². The molecule has 0 fully saturated rings. The Hall–Kier alpha value is -3.85. The number of rotatable bonds is 4. The Labute approximate surface area is 163 Å². The minimum Gasteiger partial charge on any atom is -0.497 e. The van der Waals surface area contributed by atoms with E-state index < -0.39 is 0 Å². The van der Waals surface area contributed by atoms with Crippen LogP contribution in [0, 0.1) is 18.3 Å². The fourth-order valence-corrected chi connectivity index (χ4v) is 3.16. The van der Waals surface area contributed by atoms with Gasteiger partial charge in [-0.25, -0.2) is 4.98 Å². The molecule has 28 heavy (non-hydrogen) atoms. The number of nitrogen functional groups attached to an aromatic ring is 1. The fourth-order valence-electron chi connectivity index (χ4n) is 3.16. The zero-order valence-electron chi connectivity index (χ0n) is 15.9. The van der Waals surface area contributed by atoms with E-state index >= 15 is 0 Å². The molecule has 0 spiro atoms. The first kappa shape index (κ1) is 18.9. The number of aryl methyl sites for hydroxylation is 1. The first-order valence-electron chi connectivity index (χ1n) is 8.67. The van der Waals surface area contributed by atoms with Crippen LogP contribution in [0.15, 0.2) is 48.5 Å². The highest BCUT2D eigenvalue weighted by Crippen LogP contribution is 2.39. The molecule has 6 heteroatoms. The van der Waals surface area contributed by atoms with Gasteiger partial charge in [-0.05, 0) is 42.3 Å². The van der Waals surface area contributed by atoms with Crippen LogP contribution in [0.4, 0.5) is 11.5 Å². The highest BCUT2D eigenvalue weighted by Gasteiger charge is 2.19. The number of hydrogen-bond donors (Lipinski definition) is 2. The molecule has 0 saturated carbocycles. The molecule has 0 aliphatic heterocycles. The van der Waals surface area contributed by atoms with Crippen molar-refractivity contribution in [3.63, 3.8) is 0 Å². The number of nitrogens with two attached hydrogens (primary N) is 1. The normalized spacial score (nSPS) is 10.2. The maximum Gasteiger partial charge on any atom is 0.221 e. The van der Waals surface area contributed by atoms with Crippen LogP contribution in [0.1, 0.15) is 18.2 Å². The molecule has 1 heterocycles. The highest BCUT2D eigenvalue weighted by molar-refractivity contribution is 5.92. The van der Waals surface area contributed by atoms with Gasteiger partial charge in [-0.1, -0.05) is 24.3 Å². The van der Waals surface area contributed by atoms with Crippen LogP contribution in [-0.2, 0) is 4.79 Å². The van der Waals surface area contributed by atoms with Crippen LogP contribution in [0.2, 0.25) is 0 Å². The van der Waals surface area contributed by atoms with E-state index in [2.05, 4.69) is 16.4 Å². The second kappa shape index (κ2) is 7.80. The van der Waals surface area contributed by atoms with Gasteiger partial charge in [-0.3, -0.25) is 4.79 Å². The summed E-state index contributed by atoms with van der Waals surface area (Å²) < 4.78 is 5.24. The maximum absolute atomic E-state index is 11.3. The van der Waals surface area contributed by atoms with Crippen LogP contribution >= 0.6 is 0 Å². The first-order valence-corrected chi connectivity index (χ1v) is 8.67. The minimum atomic E-state index is -0.145. The van der Waals surface area contributed by atoms with Gasteiger partial charge in [0.1, 0.15) is 23.2 Å². The Morgan fingerprint density at radius 1 is 1.07 bits per heavy atom. The smallest absolute Gasteiger partial charge is 0.221 e. The number of nitrogens with one attached hydrogen (secondary N) is 1. The number of anilines is 2. The Bertz CT molecular complexity index is 1070. The Balaban J connectivity index is 2.23.